The summed E-state index contributed by atoms with van der Waals surface area (Å²) in [7, 11) is 0. The smallest absolute Gasteiger partial charge is 0.222 e. The van der Waals surface area contributed by atoms with Crippen molar-refractivity contribution in [2.75, 3.05) is 19.6 Å². The minimum absolute atomic E-state index is 0.128. The maximum absolute atomic E-state index is 12.8. The van der Waals surface area contributed by atoms with Gasteiger partial charge in [0, 0.05) is 37.4 Å². The molecule has 0 saturated carbocycles. The molecule has 2 aliphatic rings. The van der Waals surface area contributed by atoms with Gasteiger partial charge in [-0.3, -0.25) is 14.7 Å². The molecule has 0 unspecified atom stereocenters. The van der Waals surface area contributed by atoms with Crippen LogP contribution in [0.5, 0.6) is 0 Å². The second-order valence-corrected chi connectivity index (χ2v) is 8.04. The van der Waals surface area contributed by atoms with E-state index in [9.17, 15) is 4.79 Å². The van der Waals surface area contributed by atoms with Crippen molar-refractivity contribution in [3.8, 4) is 0 Å². The van der Waals surface area contributed by atoms with Crippen LogP contribution in [-0.4, -0.2) is 45.9 Å². The zero-order valence-electron chi connectivity index (χ0n) is 16.2. The highest BCUT2D eigenvalue weighted by atomic mass is 16.3. The second-order valence-electron chi connectivity index (χ2n) is 8.04. The predicted octanol–water partition coefficient (Wildman–Crippen LogP) is 3.57. The Morgan fingerprint density at radius 2 is 2.07 bits per heavy atom. The van der Waals surface area contributed by atoms with Crippen LogP contribution in [0.15, 0.2) is 41.1 Å². The van der Waals surface area contributed by atoms with Gasteiger partial charge in [0.15, 0.2) is 0 Å². The molecule has 1 spiro atoms. The maximum Gasteiger partial charge on any atom is 0.222 e. The third kappa shape index (κ3) is 4.08. The summed E-state index contributed by atoms with van der Waals surface area (Å²) in [6, 6.07) is 8.10. The first-order valence-electron chi connectivity index (χ1n) is 10.1. The van der Waals surface area contributed by atoms with Crippen LogP contribution in [0.2, 0.25) is 0 Å². The average Bonchev–Trinajstić information content (AvgIpc) is 3.27. The summed E-state index contributed by atoms with van der Waals surface area (Å²) in [6.07, 6.45) is 9.62. The third-order valence-corrected chi connectivity index (χ3v) is 6.14. The number of likely N-dealkylation sites (tertiary alicyclic amines) is 2. The minimum Gasteiger partial charge on any atom is -0.465 e. The Morgan fingerprint density at radius 1 is 1.22 bits per heavy atom. The molecule has 0 bridgehead atoms. The van der Waals surface area contributed by atoms with Gasteiger partial charge in [-0.05, 0) is 69.3 Å². The number of carbonyl (C=O) groups excluding carboxylic acids is 1. The number of aryl methyl sites for hydroxylation is 2. The molecule has 2 fully saturated rings. The molecule has 1 atom stereocenters. The third-order valence-electron chi connectivity index (χ3n) is 6.14. The minimum atomic E-state index is 0.128. The molecule has 5 heteroatoms. The fourth-order valence-electron chi connectivity index (χ4n) is 4.74. The SMILES string of the molecule is Cc1ccc(CN2CCC[C@@]23CCCN(C(=O)CCc2cccnc2)C3)o1. The van der Waals surface area contributed by atoms with Crippen LogP contribution in [-0.2, 0) is 17.8 Å². The van der Waals surface area contributed by atoms with Crippen molar-refractivity contribution in [1.29, 1.82) is 0 Å². The molecule has 0 aliphatic carbocycles. The number of hydrogen-bond donors (Lipinski definition) is 0. The van der Waals surface area contributed by atoms with Crippen LogP contribution in [0, 0.1) is 6.92 Å². The Bertz CT molecular complexity index is 773. The number of carbonyl (C=O) groups is 1. The lowest BCUT2D eigenvalue weighted by Gasteiger charge is -2.46. The number of aromatic nitrogens is 1. The Hall–Kier alpha value is -2.14. The molecule has 0 aromatic carbocycles. The largest absolute Gasteiger partial charge is 0.465 e. The van der Waals surface area contributed by atoms with E-state index in [1.165, 1.54) is 19.3 Å². The van der Waals surface area contributed by atoms with Crippen LogP contribution in [0.1, 0.15) is 49.2 Å². The molecule has 0 N–H and O–H groups in total. The second kappa shape index (κ2) is 7.85. The average molecular weight is 367 g/mol. The molecule has 2 aliphatic heterocycles. The summed E-state index contributed by atoms with van der Waals surface area (Å²) in [4.78, 5) is 21.7. The van der Waals surface area contributed by atoms with Gasteiger partial charge < -0.3 is 9.32 Å². The summed E-state index contributed by atoms with van der Waals surface area (Å²) in [6.45, 7) is 5.69. The van der Waals surface area contributed by atoms with Crippen molar-refractivity contribution in [3.05, 3.63) is 53.7 Å². The van der Waals surface area contributed by atoms with Crippen molar-refractivity contribution in [2.45, 2.75) is 57.5 Å². The van der Waals surface area contributed by atoms with Gasteiger partial charge in [-0.25, -0.2) is 0 Å². The highest BCUT2D eigenvalue weighted by Crippen LogP contribution is 2.38. The molecule has 0 radical (unpaired) electrons. The molecule has 27 heavy (non-hydrogen) atoms. The molecule has 4 rings (SSSR count). The lowest BCUT2D eigenvalue weighted by Crippen LogP contribution is -2.56. The Balaban J connectivity index is 1.39. The fourth-order valence-corrected chi connectivity index (χ4v) is 4.74. The van der Waals surface area contributed by atoms with Gasteiger partial charge in [0.25, 0.3) is 0 Å². The van der Waals surface area contributed by atoms with Crippen molar-refractivity contribution >= 4 is 5.91 Å². The van der Waals surface area contributed by atoms with Gasteiger partial charge in [-0.15, -0.1) is 0 Å². The van der Waals surface area contributed by atoms with Gasteiger partial charge in [0.05, 0.1) is 6.54 Å². The molecule has 2 aromatic heterocycles. The van der Waals surface area contributed by atoms with Crippen molar-refractivity contribution in [3.63, 3.8) is 0 Å². The first-order chi connectivity index (χ1) is 13.1. The normalized spacial score (nSPS) is 23.2. The number of furan rings is 1. The Kier molecular flexibility index (Phi) is 5.30. The number of rotatable bonds is 5. The van der Waals surface area contributed by atoms with E-state index in [4.69, 9.17) is 4.42 Å². The summed E-state index contributed by atoms with van der Waals surface area (Å²) in [5.74, 6) is 2.28. The monoisotopic (exact) mass is 367 g/mol. The van der Waals surface area contributed by atoms with E-state index in [2.05, 4.69) is 20.9 Å². The zero-order valence-corrected chi connectivity index (χ0v) is 16.2. The van der Waals surface area contributed by atoms with E-state index in [1.807, 2.05) is 31.3 Å². The summed E-state index contributed by atoms with van der Waals surface area (Å²) in [5.41, 5.74) is 1.26. The topological polar surface area (TPSA) is 49.6 Å². The molecule has 2 saturated heterocycles. The summed E-state index contributed by atoms with van der Waals surface area (Å²) in [5, 5.41) is 0. The molecule has 1 amide bonds. The summed E-state index contributed by atoms with van der Waals surface area (Å²) >= 11 is 0. The van der Waals surface area contributed by atoms with Crippen LogP contribution in [0.3, 0.4) is 0 Å². The molecular formula is C22H29N3O2. The molecule has 5 nitrogen and oxygen atoms in total. The van der Waals surface area contributed by atoms with Gasteiger partial charge in [0.2, 0.25) is 5.91 Å². The predicted molar refractivity (Wildman–Crippen MR) is 104 cm³/mol. The van der Waals surface area contributed by atoms with Crippen molar-refractivity contribution in [2.24, 2.45) is 0 Å². The number of amides is 1. The van der Waals surface area contributed by atoms with Gasteiger partial charge in [-0.1, -0.05) is 6.07 Å². The highest BCUT2D eigenvalue weighted by Gasteiger charge is 2.44. The molecule has 4 heterocycles. The quantitative estimate of drug-likeness (QED) is 0.811. The highest BCUT2D eigenvalue weighted by molar-refractivity contribution is 5.76. The van der Waals surface area contributed by atoms with Crippen molar-refractivity contribution < 1.29 is 9.21 Å². The number of nitrogens with zero attached hydrogens (tertiary/aromatic N) is 3. The molecule has 144 valence electrons. The maximum atomic E-state index is 12.8. The first-order valence-corrected chi connectivity index (χ1v) is 10.1. The van der Waals surface area contributed by atoms with E-state index < -0.39 is 0 Å². The van der Waals surface area contributed by atoms with Crippen LogP contribution < -0.4 is 0 Å². The molecule has 2 aromatic rings. The van der Waals surface area contributed by atoms with Crippen LogP contribution in [0.25, 0.3) is 0 Å². The standard InChI is InChI=1S/C22H29N3O2/c1-18-6-8-20(27-18)16-25-14-4-11-22(25)10-3-13-24(17-22)21(26)9-7-19-5-2-12-23-15-19/h2,5-6,8,12,15H,3-4,7,9-11,13-14,16-17H2,1H3/t22-/m1/s1. The van der Waals surface area contributed by atoms with Gasteiger partial charge in [0.1, 0.15) is 11.5 Å². The van der Waals surface area contributed by atoms with Crippen molar-refractivity contribution in [1.82, 2.24) is 14.8 Å². The zero-order chi connectivity index (χ0) is 18.7. The number of hydrogen-bond acceptors (Lipinski definition) is 4. The van der Waals surface area contributed by atoms with Crippen LogP contribution >= 0.6 is 0 Å². The fraction of sp³-hybridized carbons (Fsp3) is 0.545. The van der Waals surface area contributed by atoms with Crippen LogP contribution in [0.4, 0.5) is 0 Å². The first kappa shape index (κ1) is 18.2. The lowest BCUT2D eigenvalue weighted by atomic mass is 9.86. The van der Waals surface area contributed by atoms with Gasteiger partial charge in [-0.2, -0.15) is 0 Å². The number of pyridine rings is 1. The van der Waals surface area contributed by atoms with E-state index in [0.29, 0.717) is 6.42 Å². The van der Waals surface area contributed by atoms with E-state index in [0.717, 1.165) is 56.1 Å². The summed E-state index contributed by atoms with van der Waals surface area (Å²) < 4.78 is 5.81. The van der Waals surface area contributed by atoms with E-state index in [1.54, 1.807) is 6.20 Å². The number of piperidine rings is 1. The van der Waals surface area contributed by atoms with Gasteiger partial charge >= 0.3 is 0 Å². The Morgan fingerprint density at radius 3 is 2.81 bits per heavy atom. The van der Waals surface area contributed by atoms with E-state index in [-0.39, 0.29) is 11.4 Å². The lowest BCUT2D eigenvalue weighted by molar-refractivity contribution is -0.135. The van der Waals surface area contributed by atoms with E-state index >= 15 is 0 Å². The molecular weight excluding hydrogens is 338 g/mol. The Labute approximate surface area is 161 Å².